The minimum absolute atomic E-state index is 0.662. The minimum Gasteiger partial charge on any atom is -0.456 e. The number of hydrogen-bond acceptors (Lipinski definition) is 3. The maximum Gasteiger partial charge on any atom is 0.162 e. The first-order chi connectivity index (χ1) is 28.2. The SMILES string of the molecule is c1ccc(-c2ccc(-c3nc(-c4ccc5oc6ccc(-n7c8ccccc8c8ccccc87)cc6c5c4)cc(-n4c5ccccc5c5ccccc54)n3)cc2)cc1. The van der Waals surface area contributed by atoms with Crippen LogP contribution in [0.15, 0.2) is 199 Å². The molecule has 5 heteroatoms. The molecule has 8 aromatic carbocycles. The van der Waals surface area contributed by atoms with Crippen molar-refractivity contribution in [1.29, 1.82) is 0 Å². The summed E-state index contributed by atoms with van der Waals surface area (Å²) in [5, 5.41) is 6.94. The van der Waals surface area contributed by atoms with Crippen LogP contribution in [0, 0.1) is 0 Å². The van der Waals surface area contributed by atoms with Gasteiger partial charge in [0.2, 0.25) is 0 Å². The van der Waals surface area contributed by atoms with Gasteiger partial charge in [-0.3, -0.25) is 4.57 Å². The van der Waals surface area contributed by atoms with Crippen LogP contribution in [0.1, 0.15) is 0 Å². The Morgan fingerprint density at radius 3 is 1.42 bits per heavy atom. The predicted molar refractivity (Wildman–Crippen MR) is 234 cm³/mol. The maximum atomic E-state index is 6.46. The van der Waals surface area contributed by atoms with Gasteiger partial charge in [-0.2, -0.15) is 0 Å². The predicted octanol–water partition coefficient (Wildman–Crippen LogP) is 13.6. The van der Waals surface area contributed by atoms with Gasteiger partial charge in [-0.15, -0.1) is 0 Å². The second kappa shape index (κ2) is 12.4. The Balaban J connectivity index is 1.06. The van der Waals surface area contributed by atoms with Crippen LogP contribution in [0.5, 0.6) is 0 Å². The van der Waals surface area contributed by atoms with Crippen molar-refractivity contribution in [1.82, 2.24) is 19.1 Å². The van der Waals surface area contributed by atoms with Gasteiger partial charge in [0.25, 0.3) is 0 Å². The molecule has 0 N–H and O–H groups in total. The quantitative estimate of drug-likeness (QED) is 0.177. The summed E-state index contributed by atoms with van der Waals surface area (Å²) < 4.78 is 11.1. The second-order valence-corrected chi connectivity index (χ2v) is 14.6. The van der Waals surface area contributed by atoms with Crippen LogP contribution in [0.2, 0.25) is 0 Å². The van der Waals surface area contributed by atoms with Gasteiger partial charge in [-0.25, -0.2) is 9.97 Å². The first-order valence-electron chi connectivity index (χ1n) is 19.2. The largest absolute Gasteiger partial charge is 0.456 e. The zero-order valence-corrected chi connectivity index (χ0v) is 30.7. The molecule has 4 aromatic heterocycles. The molecule has 266 valence electrons. The molecule has 5 nitrogen and oxygen atoms in total. The number of para-hydroxylation sites is 4. The van der Waals surface area contributed by atoms with E-state index >= 15 is 0 Å². The molecule has 0 unspecified atom stereocenters. The molecular weight excluding hydrogens is 697 g/mol. The van der Waals surface area contributed by atoms with E-state index in [0.29, 0.717) is 5.82 Å². The van der Waals surface area contributed by atoms with Crippen molar-refractivity contribution < 1.29 is 4.42 Å². The summed E-state index contributed by atoms with van der Waals surface area (Å²) in [5.41, 5.74) is 12.4. The normalized spacial score (nSPS) is 11.9. The molecule has 0 spiro atoms. The molecule has 57 heavy (non-hydrogen) atoms. The molecule has 4 heterocycles. The lowest BCUT2D eigenvalue weighted by Gasteiger charge is -2.12. The van der Waals surface area contributed by atoms with E-state index in [1.807, 2.05) is 6.07 Å². The summed E-state index contributed by atoms with van der Waals surface area (Å²) in [5.74, 6) is 1.47. The molecule has 0 bridgehead atoms. The number of fused-ring (bicyclic) bond motifs is 9. The van der Waals surface area contributed by atoms with Crippen molar-refractivity contribution in [3.63, 3.8) is 0 Å². The molecule has 0 saturated heterocycles. The number of rotatable bonds is 5. The standard InChI is InChI=1S/C52H32N4O/c1-2-12-33(13-3-1)34-22-24-35(25-23-34)52-53-44(32-51(54-52)56-47-20-10-6-16-40(47)41-17-7-11-21-48(41)56)36-26-28-49-42(30-36)43-31-37(27-29-50(43)57-49)55-45-18-8-4-14-38(45)39-15-5-9-19-46(39)55/h1-32H. The molecule has 0 saturated carbocycles. The van der Waals surface area contributed by atoms with Gasteiger partial charge in [0.1, 0.15) is 17.0 Å². The highest BCUT2D eigenvalue weighted by atomic mass is 16.3. The van der Waals surface area contributed by atoms with Crippen LogP contribution in [0.4, 0.5) is 0 Å². The van der Waals surface area contributed by atoms with Gasteiger partial charge in [0.15, 0.2) is 5.82 Å². The lowest BCUT2D eigenvalue weighted by Crippen LogP contribution is -2.02. The molecule has 0 amide bonds. The molecule has 0 aliphatic carbocycles. The van der Waals surface area contributed by atoms with Crippen molar-refractivity contribution in [3.8, 4) is 45.3 Å². The van der Waals surface area contributed by atoms with Gasteiger partial charge in [-0.05, 0) is 71.8 Å². The van der Waals surface area contributed by atoms with E-state index in [9.17, 15) is 0 Å². The van der Waals surface area contributed by atoms with E-state index in [0.717, 1.165) is 66.9 Å². The number of furan rings is 1. The van der Waals surface area contributed by atoms with E-state index in [1.54, 1.807) is 0 Å². The van der Waals surface area contributed by atoms with Gasteiger partial charge < -0.3 is 8.98 Å². The van der Waals surface area contributed by atoms with Crippen LogP contribution in [-0.4, -0.2) is 19.1 Å². The van der Waals surface area contributed by atoms with E-state index in [4.69, 9.17) is 14.4 Å². The summed E-state index contributed by atoms with van der Waals surface area (Å²) >= 11 is 0. The molecule has 12 rings (SSSR count). The van der Waals surface area contributed by atoms with E-state index < -0.39 is 0 Å². The Morgan fingerprint density at radius 1 is 0.333 bits per heavy atom. The van der Waals surface area contributed by atoms with E-state index in [1.165, 1.54) is 38.1 Å². The third kappa shape index (κ3) is 4.96. The first-order valence-corrected chi connectivity index (χ1v) is 19.2. The molecule has 0 fully saturated rings. The lowest BCUT2D eigenvalue weighted by molar-refractivity contribution is 0.669. The van der Waals surface area contributed by atoms with Gasteiger partial charge >= 0.3 is 0 Å². The first kappa shape index (κ1) is 31.6. The van der Waals surface area contributed by atoms with E-state index in [2.05, 4.69) is 197 Å². The van der Waals surface area contributed by atoms with Crippen LogP contribution in [0.25, 0.3) is 111 Å². The fourth-order valence-electron chi connectivity index (χ4n) is 8.70. The highest BCUT2D eigenvalue weighted by Crippen LogP contribution is 2.38. The van der Waals surface area contributed by atoms with Gasteiger partial charge in [-0.1, -0.05) is 127 Å². The Kier molecular flexibility index (Phi) is 6.86. The fraction of sp³-hybridized carbons (Fsp3) is 0. The lowest BCUT2D eigenvalue weighted by atomic mass is 10.0. The molecule has 0 aliphatic heterocycles. The minimum atomic E-state index is 0.662. The highest BCUT2D eigenvalue weighted by molar-refractivity contribution is 6.11. The van der Waals surface area contributed by atoms with Gasteiger partial charge in [0, 0.05) is 55.2 Å². The third-order valence-electron chi connectivity index (χ3n) is 11.4. The van der Waals surface area contributed by atoms with Crippen molar-refractivity contribution in [2.75, 3.05) is 0 Å². The zero-order valence-electron chi connectivity index (χ0n) is 30.7. The number of benzene rings is 8. The van der Waals surface area contributed by atoms with E-state index in [-0.39, 0.29) is 0 Å². The summed E-state index contributed by atoms with van der Waals surface area (Å²) in [4.78, 5) is 10.6. The summed E-state index contributed by atoms with van der Waals surface area (Å²) in [7, 11) is 0. The van der Waals surface area contributed by atoms with Crippen molar-refractivity contribution in [2.24, 2.45) is 0 Å². The van der Waals surface area contributed by atoms with Crippen LogP contribution < -0.4 is 0 Å². The van der Waals surface area contributed by atoms with Crippen molar-refractivity contribution in [3.05, 3.63) is 194 Å². The summed E-state index contributed by atoms with van der Waals surface area (Å²) in [6.07, 6.45) is 0. The Labute approximate surface area is 327 Å². The monoisotopic (exact) mass is 728 g/mol. The topological polar surface area (TPSA) is 48.8 Å². The molecule has 0 atom stereocenters. The average Bonchev–Trinajstić information content (AvgIpc) is 3.94. The van der Waals surface area contributed by atoms with Crippen LogP contribution in [0.3, 0.4) is 0 Å². The Morgan fingerprint density at radius 2 is 0.807 bits per heavy atom. The number of aromatic nitrogens is 4. The molecule has 12 aromatic rings. The van der Waals surface area contributed by atoms with Crippen LogP contribution in [-0.2, 0) is 0 Å². The molecule has 0 aliphatic rings. The van der Waals surface area contributed by atoms with Gasteiger partial charge in [0.05, 0.1) is 27.8 Å². The average molecular weight is 729 g/mol. The molecule has 0 radical (unpaired) electrons. The zero-order chi connectivity index (χ0) is 37.5. The number of hydrogen-bond donors (Lipinski definition) is 0. The highest BCUT2D eigenvalue weighted by Gasteiger charge is 2.19. The fourth-order valence-corrected chi connectivity index (χ4v) is 8.70. The van der Waals surface area contributed by atoms with Crippen molar-refractivity contribution in [2.45, 2.75) is 0 Å². The van der Waals surface area contributed by atoms with Crippen molar-refractivity contribution >= 4 is 65.6 Å². The molecular formula is C52H32N4O. The second-order valence-electron chi connectivity index (χ2n) is 14.6. The smallest absolute Gasteiger partial charge is 0.162 e. The third-order valence-corrected chi connectivity index (χ3v) is 11.4. The summed E-state index contributed by atoms with van der Waals surface area (Å²) in [6.45, 7) is 0. The Bertz CT molecular complexity index is 3410. The number of nitrogens with zero attached hydrogens (tertiary/aromatic N) is 4. The summed E-state index contributed by atoms with van der Waals surface area (Å²) in [6, 6.07) is 68.3. The van der Waals surface area contributed by atoms with Crippen LogP contribution >= 0.6 is 0 Å². The maximum absolute atomic E-state index is 6.46. The Hall–Kier alpha value is -7.76.